The minimum atomic E-state index is -0.0391. The number of aryl methyl sites for hydroxylation is 1. The molecule has 0 aliphatic heterocycles. The molecule has 6 heteroatoms. The van der Waals surface area contributed by atoms with Gasteiger partial charge in [-0.05, 0) is 19.2 Å². The lowest BCUT2D eigenvalue weighted by molar-refractivity contribution is 0.380. The summed E-state index contributed by atoms with van der Waals surface area (Å²) in [7, 11) is 6.84. The maximum absolute atomic E-state index is 12.0. The molecule has 21 heavy (non-hydrogen) atoms. The van der Waals surface area contributed by atoms with E-state index >= 15 is 0 Å². The van der Waals surface area contributed by atoms with Crippen molar-refractivity contribution in [3.8, 4) is 11.5 Å². The molecule has 1 aromatic carbocycles. The molecule has 114 valence electrons. The first-order valence-corrected chi connectivity index (χ1v) is 6.71. The second-order valence-corrected chi connectivity index (χ2v) is 4.79. The van der Waals surface area contributed by atoms with Crippen LogP contribution in [0.2, 0.25) is 0 Å². The third-order valence-electron chi connectivity index (χ3n) is 3.56. The molecule has 6 nitrogen and oxygen atoms in total. The molecule has 0 aliphatic carbocycles. The van der Waals surface area contributed by atoms with Crippen LogP contribution in [0.4, 0.5) is 0 Å². The topological polar surface area (TPSA) is 57.4 Å². The third kappa shape index (κ3) is 3.11. The van der Waals surface area contributed by atoms with E-state index in [1.165, 1.54) is 0 Å². The van der Waals surface area contributed by atoms with Crippen LogP contribution in [0.3, 0.4) is 0 Å². The van der Waals surface area contributed by atoms with Gasteiger partial charge in [-0.2, -0.15) is 0 Å². The molecule has 1 unspecified atom stereocenters. The summed E-state index contributed by atoms with van der Waals surface area (Å²) in [5.41, 5.74) is 0.944. The van der Waals surface area contributed by atoms with Gasteiger partial charge in [0.05, 0.1) is 20.3 Å². The number of likely N-dealkylation sites (N-methyl/N-ethyl adjacent to an activating group) is 1. The molecule has 1 N–H and O–H groups in total. The summed E-state index contributed by atoms with van der Waals surface area (Å²) in [6, 6.07) is 5.64. The maximum Gasteiger partial charge on any atom is 0.327 e. The first-order chi connectivity index (χ1) is 10.1. The molecule has 0 amide bonds. The standard InChI is InChI=1S/C15H21N3O3/c1-16-13(10-18-8-7-17(2)15(18)19)12-6-5-11(20-3)9-14(12)21-4/h5-9,13,16H,10H2,1-4H3. The predicted octanol–water partition coefficient (Wildman–Crippen LogP) is 1.16. The zero-order chi connectivity index (χ0) is 15.4. The van der Waals surface area contributed by atoms with Crippen molar-refractivity contribution in [3.63, 3.8) is 0 Å². The third-order valence-corrected chi connectivity index (χ3v) is 3.56. The lowest BCUT2D eigenvalue weighted by Crippen LogP contribution is -2.29. The van der Waals surface area contributed by atoms with E-state index < -0.39 is 0 Å². The van der Waals surface area contributed by atoms with Crippen LogP contribution in [0.25, 0.3) is 0 Å². The molecule has 1 atom stereocenters. The number of hydrogen-bond acceptors (Lipinski definition) is 4. The first-order valence-electron chi connectivity index (χ1n) is 6.71. The normalized spacial score (nSPS) is 12.2. The molecule has 1 aromatic heterocycles. The van der Waals surface area contributed by atoms with Gasteiger partial charge in [-0.1, -0.05) is 0 Å². The number of nitrogens with zero attached hydrogens (tertiary/aromatic N) is 2. The van der Waals surface area contributed by atoms with Crippen LogP contribution in [0, 0.1) is 0 Å². The number of rotatable bonds is 6. The van der Waals surface area contributed by atoms with E-state index in [0.29, 0.717) is 6.54 Å². The van der Waals surface area contributed by atoms with Gasteiger partial charge in [0.1, 0.15) is 11.5 Å². The molecule has 0 spiro atoms. The van der Waals surface area contributed by atoms with E-state index in [-0.39, 0.29) is 11.7 Å². The van der Waals surface area contributed by atoms with Crippen LogP contribution in [-0.4, -0.2) is 30.4 Å². The van der Waals surface area contributed by atoms with Crippen LogP contribution in [0.15, 0.2) is 35.4 Å². The number of benzene rings is 1. The maximum atomic E-state index is 12.0. The second kappa shape index (κ2) is 6.49. The highest BCUT2D eigenvalue weighted by Gasteiger charge is 2.17. The lowest BCUT2D eigenvalue weighted by Gasteiger charge is -2.20. The Morgan fingerprint density at radius 1 is 1.24 bits per heavy atom. The average Bonchev–Trinajstić information content (AvgIpc) is 2.83. The highest BCUT2D eigenvalue weighted by Crippen LogP contribution is 2.29. The fourth-order valence-electron chi connectivity index (χ4n) is 2.30. The van der Waals surface area contributed by atoms with E-state index in [2.05, 4.69) is 5.32 Å². The van der Waals surface area contributed by atoms with Crippen molar-refractivity contribution in [1.29, 1.82) is 0 Å². The molecule has 0 radical (unpaired) electrons. The Morgan fingerprint density at radius 2 is 2.00 bits per heavy atom. The number of nitrogens with one attached hydrogen (secondary N) is 1. The molecule has 2 aromatic rings. The zero-order valence-corrected chi connectivity index (χ0v) is 12.8. The quantitative estimate of drug-likeness (QED) is 0.868. The summed E-state index contributed by atoms with van der Waals surface area (Å²) in [5, 5.41) is 3.23. The number of ether oxygens (including phenoxy) is 2. The summed E-state index contributed by atoms with van der Waals surface area (Å²) in [5.74, 6) is 1.47. The minimum absolute atomic E-state index is 0.0362. The minimum Gasteiger partial charge on any atom is -0.497 e. The zero-order valence-electron chi connectivity index (χ0n) is 12.8. The summed E-state index contributed by atoms with van der Waals surface area (Å²) in [4.78, 5) is 12.0. The Balaban J connectivity index is 2.33. The van der Waals surface area contributed by atoms with Crippen molar-refractivity contribution in [1.82, 2.24) is 14.5 Å². The van der Waals surface area contributed by atoms with Gasteiger partial charge in [0.25, 0.3) is 0 Å². The Bertz CT molecular complexity index is 660. The highest BCUT2D eigenvalue weighted by molar-refractivity contribution is 5.42. The number of hydrogen-bond donors (Lipinski definition) is 1. The number of methoxy groups -OCH3 is 2. The van der Waals surface area contributed by atoms with Gasteiger partial charge in [-0.3, -0.25) is 4.57 Å². The Morgan fingerprint density at radius 3 is 2.52 bits per heavy atom. The molecule has 1 heterocycles. The fourth-order valence-corrected chi connectivity index (χ4v) is 2.30. The monoisotopic (exact) mass is 291 g/mol. The van der Waals surface area contributed by atoms with E-state index in [4.69, 9.17) is 9.47 Å². The Kier molecular flexibility index (Phi) is 4.70. The molecule has 0 saturated carbocycles. The van der Waals surface area contributed by atoms with E-state index in [1.54, 1.807) is 42.8 Å². The predicted molar refractivity (Wildman–Crippen MR) is 81.0 cm³/mol. The molecular formula is C15H21N3O3. The van der Waals surface area contributed by atoms with Gasteiger partial charge < -0.3 is 19.4 Å². The largest absolute Gasteiger partial charge is 0.497 e. The van der Waals surface area contributed by atoms with Gasteiger partial charge in [-0.15, -0.1) is 0 Å². The van der Waals surface area contributed by atoms with Gasteiger partial charge >= 0.3 is 5.69 Å². The van der Waals surface area contributed by atoms with Crippen molar-refractivity contribution < 1.29 is 9.47 Å². The lowest BCUT2D eigenvalue weighted by atomic mass is 10.1. The average molecular weight is 291 g/mol. The van der Waals surface area contributed by atoms with Crippen molar-refractivity contribution >= 4 is 0 Å². The van der Waals surface area contributed by atoms with E-state index in [9.17, 15) is 4.79 Å². The van der Waals surface area contributed by atoms with Gasteiger partial charge in [0, 0.05) is 37.6 Å². The highest BCUT2D eigenvalue weighted by atomic mass is 16.5. The van der Waals surface area contributed by atoms with E-state index in [0.717, 1.165) is 17.1 Å². The molecular weight excluding hydrogens is 270 g/mol. The van der Waals surface area contributed by atoms with Crippen LogP contribution in [-0.2, 0) is 13.6 Å². The van der Waals surface area contributed by atoms with Gasteiger partial charge in [-0.25, -0.2) is 4.79 Å². The summed E-state index contributed by atoms with van der Waals surface area (Å²) in [6.45, 7) is 0.527. The van der Waals surface area contributed by atoms with Crippen molar-refractivity contribution in [2.24, 2.45) is 7.05 Å². The smallest absolute Gasteiger partial charge is 0.327 e. The molecule has 0 bridgehead atoms. The molecule has 0 saturated heterocycles. The van der Waals surface area contributed by atoms with Crippen molar-refractivity contribution in [2.45, 2.75) is 12.6 Å². The molecule has 0 fully saturated rings. The first kappa shape index (κ1) is 15.2. The fraction of sp³-hybridized carbons (Fsp3) is 0.400. The summed E-state index contributed by atoms with van der Waals surface area (Å²) < 4.78 is 13.9. The second-order valence-electron chi connectivity index (χ2n) is 4.79. The van der Waals surface area contributed by atoms with Crippen molar-refractivity contribution in [3.05, 3.63) is 46.6 Å². The summed E-state index contributed by atoms with van der Waals surface area (Å²) in [6.07, 6.45) is 3.53. The van der Waals surface area contributed by atoms with Crippen molar-refractivity contribution in [2.75, 3.05) is 21.3 Å². The van der Waals surface area contributed by atoms with Gasteiger partial charge in [0.2, 0.25) is 0 Å². The van der Waals surface area contributed by atoms with Gasteiger partial charge in [0.15, 0.2) is 0 Å². The SMILES string of the molecule is CNC(Cn1ccn(C)c1=O)c1ccc(OC)cc1OC. The van der Waals surface area contributed by atoms with Crippen LogP contribution < -0.4 is 20.5 Å². The van der Waals surface area contributed by atoms with Crippen LogP contribution >= 0.6 is 0 Å². The molecule has 2 rings (SSSR count). The molecule has 0 aliphatic rings. The Labute approximate surface area is 123 Å². The number of aromatic nitrogens is 2. The number of imidazole rings is 1. The summed E-state index contributed by atoms with van der Waals surface area (Å²) >= 11 is 0. The Hall–Kier alpha value is -2.21. The van der Waals surface area contributed by atoms with E-state index in [1.807, 2.05) is 25.2 Å². The van der Waals surface area contributed by atoms with Crippen LogP contribution in [0.1, 0.15) is 11.6 Å². The van der Waals surface area contributed by atoms with Crippen LogP contribution in [0.5, 0.6) is 11.5 Å².